The van der Waals surface area contributed by atoms with Gasteiger partial charge in [-0.3, -0.25) is 9.59 Å². The minimum Gasteiger partial charge on any atom is -0.481 e. The van der Waals surface area contributed by atoms with E-state index in [1.165, 1.54) is 0 Å². The Labute approximate surface area is 102 Å². The molecule has 1 aliphatic rings. The van der Waals surface area contributed by atoms with Gasteiger partial charge in [0.1, 0.15) is 0 Å². The average molecular weight is 242 g/mol. The smallest absolute Gasteiger partial charge is 0.308 e. The molecule has 0 aromatic heterocycles. The lowest BCUT2D eigenvalue weighted by atomic mass is 9.97. The lowest BCUT2D eigenvalue weighted by Gasteiger charge is -2.31. The monoisotopic (exact) mass is 242 g/mol. The number of nitrogens with zero attached hydrogens (tertiary/aromatic N) is 1. The van der Waals surface area contributed by atoms with Gasteiger partial charge in [0.25, 0.3) is 0 Å². The fourth-order valence-electron chi connectivity index (χ4n) is 2.23. The lowest BCUT2D eigenvalue weighted by Crippen LogP contribution is -2.44. The molecule has 1 amide bonds. The summed E-state index contributed by atoms with van der Waals surface area (Å²) in [7, 11) is 0. The number of likely N-dealkylation sites (tertiary alicyclic amines) is 1. The van der Waals surface area contributed by atoms with E-state index in [-0.39, 0.29) is 11.9 Å². The van der Waals surface area contributed by atoms with Gasteiger partial charge < -0.3 is 15.7 Å². The maximum atomic E-state index is 11.9. The molecule has 5 nitrogen and oxygen atoms in total. The van der Waals surface area contributed by atoms with E-state index >= 15 is 0 Å². The molecule has 1 heterocycles. The highest BCUT2D eigenvalue weighted by atomic mass is 16.4. The standard InChI is InChI=1S/C12H22N2O3/c1-2-4-10(13)7-11(15)14-6-3-5-9(8-14)12(16)17/h9-10H,2-8,13H2,1H3,(H,16,17)/t9-,10?/m0/s1. The molecule has 0 aromatic rings. The third kappa shape index (κ3) is 4.34. The van der Waals surface area contributed by atoms with Crippen molar-refractivity contribution < 1.29 is 14.7 Å². The first-order chi connectivity index (χ1) is 8.04. The summed E-state index contributed by atoms with van der Waals surface area (Å²) in [6.45, 7) is 3.04. The Hall–Kier alpha value is -1.10. The van der Waals surface area contributed by atoms with Gasteiger partial charge in [-0.05, 0) is 19.3 Å². The Kier molecular flexibility index (Phi) is 5.41. The van der Waals surface area contributed by atoms with E-state index in [0.717, 1.165) is 19.3 Å². The normalized spacial score (nSPS) is 22.2. The quantitative estimate of drug-likeness (QED) is 0.748. The maximum Gasteiger partial charge on any atom is 0.308 e. The summed E-state index contributed by atoms with van der Waals surface area (Å²) in [5.74, 6) is -1.22. The molecular formula is C12H22N2O3. The van der Waals surface area contributed by atoms with E-state index in [4.69, 9.17) is 10.8 Å². The van der Waals surface area contributed by atoms with Crippen LogP contribution in [0.4, 0.5) is 0 Å². The predicted molar refractivity (Wildman–Crippen MR) is 64.4 cm³/mol. The highest BCUT2D eigenvalue weighted by Crippen LogP contribution is 2.17. The Bertz CT molecular complexity index is 281. The third-order valence-electron chi connectivity index (χ3n) is 3.22. The molecule has 1 saturated heterocycles. The van der Waals surface area contributed by atoms with Crippen molar-refractivity contribution >= 4 is 11.9 Å². The van der Waals surface area contributed by atoms with Crippen molar-refractivity contribution in [1.29, 1.82) is 0 Å². The second-order valence-corrected chi connectivity index (χ2v) is 4.77. The molecule has 0 aromatic carbocycles. The zero-order valence-corrected chi connectivity index (χ0v) is 10.4. The first-order valence-electron chi connectivity index (χ1n) is 6.30. The topological polar surface area (TPSA) is 83.6 Å². The summed E-state index contributed by atoms with van der Waals surface area (Å²) in [6.07, 6.45) is 3.57. The number of carboxylic acid groups (broad SMARTS) is 1. The zero-order valence-electron chi connectivity index (χ0n) is 10.4. The molecule has 1 aliphatic heterocycles. The number of carbonyl (C=O) groups excluding carboxylic acids is 1. The van der Waals surface area contributed by atoms with Crippen LogP contribution >= 0.6 is 0 Å². The van der Waals surface area contributed by atoms with Gasteiger partial charge in [-0.2, -0.15) is 0 Å². The molecular weight excluding hydrogens is 220 g/mol. The fourth-order valence-corrected chi connectivity index (χ4v) is 2.23. The summed E-state index contributed by atoms with van der Waals surface area (Å²) in [5.41, 5.74) is 5.82. The van der Waals surface area contributed by atoms with Crippen molar-refractivity contribution in [3.8, 4) is 0 Å². The number of nitrogens with two attached hydrogens (primary N) is 1. The number of piperidine rings is 1. The van der Waals surface area contributed by atoms with Crippen molar-refractivity contribution in [2.75, 3.05) is 13.1 Å². The second kappa shape index (κ2) is 6.59. The number of hydrogen-bond acceptors (Lipinski definition) is 3. The van der Waals surface area contributed by atoms with Crippen LogP contribution in [0.2, 0.25) is 0 Å². The van der Waals surface area contributed by atoms with Crippen molar-refractivity contribution in [3.63, 3.8) is 0 Å². The zero-order chi connectivity index (χ0) is 12.8. The van der Waals surface area contributed by atoms with Crippen molar-refractivity contribution in [2.24, 2.45) is 11.7 Å². The van der Waals surface area contributed by atoms with Crippen LogP contribution in [0.5, 0.6) is 0 Å². The molecule has 1 unspecified atom stereocenters. The van der Waals surface area contributed by atoms with Gasteiger partial charge in [0.15, 0.2) is 0 Å². The van der Waals surface area contributed by atoms with Crippen LogP contribution in [0.1, 0.15) is 39.0 Å². The molecule has 5 heteroatoms. The Morgan fingerprint density at radius 1 is 1.53 bits per heavy atom. The molecule has 1 fully saturated rings. The summed E-state index contributed by atoms with van der Waals surface area (Å²) < 4.78 is 0. The third-order valence-corrected chi connectivity index (χ3v) is 3.22. The predicted octanol–water partition coefficient (Wildman–Crippen LogP) is 0.827. The minimum atomic E-state index is -0.805. The number of carboxylic acids is 1. The fraction of sp³-hybridized carbons (Fsp3) is 0.833. The number of carbonyl (C=O) groups is 2. The first-order valence-corrected chi connectivity index (χ1v) is 6.30. The van der Waals surface area contributed by atoms with E-state index in [1.807, 2.05) is 6.92 Å². The second-order valence-electron chi connectivity index (χ2n) is 4.77. The highest BCUT2D eigenvalue weighted by Gasteiger charge is 2.28. The lowest BCUT2D eigenvalue weighted by molar-refractivity contribution is -0.145. The van der Waals surface area contributed by atoms with E-state index in [1.54, 1.807) is 4.90 Å². The van der Waals surface area contributed by atoms with Crippen molar-refractivity contribution in [1.82, 2.24) is 4.90 Å². The summed E-state index contributed by atoms with van der Waals surface area (Å²) in [5, 5.41) is 8.94. The number of hydrogen-bond donors (Lipinski definition) is 2. The molecule has 0 saturated carbocycles. The van der Waals surface area contributed by atoms with Crippen molar-refractivity contribution in [3.05, 3.63) is 0 Å². The number of rotatable bonds is 5. The SMILES string of the molecule is CCCC(N)CC(=O)N1CCC[C@H](C(=O)O)C1. The molecule has 0 radical (unpaired) electrons. The Morgan fingerprint density at radius 2 is 2.24 bits per heavy atom. The summed E-state index contributed by atoms with van der Waals surface area (Å²) in [6, 6.07) is -0.0993. The van der Waals surface area contributed by atoms with E-state index in [2.05, 4.69) is 0 Å². The van der Waals surface area contributed by atoms with Gasteiger partial charge >= 0.3 is 5.97 Å². The van der Waals surface area contributed by atoms with Crippen LogP contribution in [0.25, 0.3) is 0 Å². The van der Waals surface area contributed by atoms with Gasteiger partial charge in [-0.15, -0.1) is 0 Å². The Balaban J connectivity index is 2.43. The van der Waals surface area contributed by atoms with Gasteiger partial charge in [0, 0.05) is 25.6 Å². The van der Waals surface area contributed by atoms with Crippen LogP contribution in [0.15, 0.2) is 0 Å². The average Bonchev–Trinajstić information content (AvgIpc) is 2.29. The first kappa shape index (κ1) is 14.0. The molecule has 1 rings (SSSR count). The maximum absolute atomic E-state index is 11.9. The van der Waals surface area contributed by atoms with Crippen molar-refractivity contribution in [2.45, 2.75) is 45.1 Å². The summed E-state index contributed by atoms with van der Waals surface area (Å²) in [4.78, 5) is 24.4. The molecule has 0 aliphatic carbocycles. The molecule has 0 spiro atoms. The Morgan fingerprint density at radius 3 is 2.82 bits per heavy atom. The number of amides is 1. The van der Waals surface area contributed by atoms with Crippen LogP contribution < -0.4 is 5.73 Å². The van der Waals surface area contributed by atoms with Crippen LogP contribution in [0.3, 0.4) is 0 Å². The van der Waals surface area contributed by atoms with Gasteiger partial charge in [-0.25, -0.2) is 0 Å². The van der Waals surface area contributed by atoms with E-state index in [0.29, 0.717) is 25.9 Å². The van der Waals surface area contributed by atoms with E-state index in [9.17, 15) is 9.59 Å². The van der Waals surface area contributed by atoms with Crippen LogP contribution in [-0.4, -0.2) is 41.0 Å². The highest BCUT2D eigenvalue weighted by molar-refractivity contribution is 5.78. The van der Waals surface area contributed by atoms with Gasteiger partial charge in [0.05, 0.1) is 5.92 Å². The largest absolute Gasteiger partial charge is 0.481 e. The van der Waals surface area contributed by atoms with Gasteiger partial charge in [-0.1, -0.05) is 13.3 Å². The van der Waals surface area contributed by atoms with Gasteiger partial charge in [0.2, 0.25) is 5.91 Å². The minimum absolute atomic E-state index is 0.00287. The molecule has 2 atom stereocenters. The molecule has 98 valence electrons. The summed E-state index contributed by atoms with van der Waals surface area (Å²) >= 11 is 0. The molecule has 17 heavy (non-hydrogen) atoms. The molecule has 0 bridgehead atoms. The van der Waals surface area contributed by atoms with E-state index < -0.39 is 11.9 Å². The van der Waals surface area contributed by atoms with Crippen LogP contribution in [-0.2, 0) is 9.59 Å². The number of aliphatic carboxylic acids is 1. The molecule has 3 N–H and O–H groups in total. The van der Waals surface area contributed by atoms with Crippen LogP contribution in [0, 0.1) is 5.92 Å².